The second kappa shape index (κ2) is 5.66. The lowest BCUT2D eigenvalue weighted by Gasteiger charge is -2.18. The van der Waals surface area contributed by atoms with E-state index in [2.05, 4.69) is 5.32 Å². The molecule has 0 aliphatic heterocycles. The van der Waals surface area contributed by atoms with E-state index >= 15 is 0 Å². The average molecular weight is 322 g/mol. The molecule has 1 N–H and O–H groups in total. The van der Waals surface area contributed by atoms with Gasteiger partial charge in [-0.3, -0.25) is 4.79 Å². The fourth-order valence-corrected chi connectivity index (χ4v) is 3.66. The van der Waals surface area contributed by atoms with E-state index in [9.17, 15) is 13.2 Å². The summed E-state index contributed by atoms with van der Waals surface area (Å²) in [7, 11) is -0.464. The van der Waals surface area contributed by atoms with Crippen molar-refractivity contribution < 1.29 is 13.2 Å². The molecular formula is C16H22N2O3S. The number of carbonyl (C=O) groups is 1. The quantitative estimate of drug-likeness (QED) is 0.869. The van der Waals surface area contributed by atoms with Gasteiger partial charge in [0.1, 0.15) is 0 Å². The van der Waals surface area contributed by atoms with Gasteiger partial charge < -0.3 is 5.32 Å². The van der Waals surface area contributed by atoms with Crippen LogP contribution in [0.3, 0.4) is 0 Å². The summed E-state index contributed by atoms with van der Waals surface area (Å²) in [6.45, 7) is 0. The van der Waals surface area contributed by atoms with Crippen LogP contribution in [0.25, 0.3) is 0 Å². The number of benzene rings is 1. The number of nitrogens with zero attached hydrogens (tertiary/aromatic N) is 1. The summed E-state index contributed by atoms with van der Waals surface area (Å²) in [6.07, 6.45) is 4.84. The van der Waals surface area contributed by atoms with Gasteiger partial charge in [0.05, 0.1) is 4.90 Å². The first-order valence-corrected chi connectivity index (χ1v) is 9.17. The molecule has 0 heterocycles. The van der Waals surface area contributed by atoms with Gasteiger partial charge in [-0.25, -0.2) is 12.7 Å². The fourth-order valence-electron chi connectivity index (χ4n) is 2.76. The number of hydrogen-bond acceptors (Lipinski definition) is 3. The normalized spacial score (nSPS) is 18.7. The molecule has 2 aliphatic carbocycles. The summed E-state index contributed by atoms with van der Waals surface area (Å²) in [6, 6.07) is 6.46. The second-order valence-electron chi connectivity index (χ2n) is 6.49. The van der Waals surface area contributed by atoms with Crippen LogP contribution < -0.4 is 5.32 Å². The van der Waals surface area contributed by atoms with E-state index < -0.39 is 10.0 Å². The molecule has 5 nitrogen and oxygen atoms in total. The smallest absolute Gasteiger partial charge is 0.251 e. The fraction of sp³-hybridized carbons (Fsp3) is 0.562. The summed E-state index contributed by atoms with van der Waals surface area (Å²) in [5.41, 5.74) is 0.518. The second-order valence-corrected chi connectivity index (χ2v) is 8.64. The van der Waals surface area contributed by atoms with Crippen LogP contribution in [0.4, 0.5) is 0 Å². The highest BCUT2D eigenvalue weighted by atomic mass is 32.2. The van der Waals surface area contributed by atoms with Gasteiger partial charge in [0.15, 0.2) is 0 Å². The number of nitrogens with one attached hydrogen (secondary N) is 1. The van der Waals surface area contributed by atoms with Gasteiger partial charge in [-0.05, 0) is 61.8 Å². The standard InChI is InChI=1S/C16H22N2O3S/c1-18(2)22(20,21)14-9-7-13(8-10-14)16(19)17-15(11-3-4-11)12-5-6-12/h7-12,15H,3-6H2,1-2H3,(H,17,19). The Bertz CT molecular complexity index is 647. The Morgan fingerprint density at radius 2 is 1.59 bits per heavy atom. The lowest BCUT2D eigenvalue weighted by atomic mass is 10.1. The van der Waals surface area contributed by atoms with Crippen LogP contribution in [0.15, 0.2) is 29.2 Å². The van der Waals surface area contributed by atoms with E-state index in [0.29, 0.717) is 23.4 Å². The van der Waals surface area contributed by atoms with Crippen molar-refractivity contribution in [2.75, 3.05) is 14.1 Å². The molecule has 2 saturated carbocycles. The Kier molecular flexibility index (Phi) is 3.99. The van der Waals surface area contributed by atoms with Crippen molar-refractivity contribution in [2.45, 2.75) is 36.6 Å². The van der Waals surface area contributed by atoms with Gasteiger partial charge >= 0.3 is 0 Å². The van der Waals surface area contributed by atoms with Crippen molar-refractivity contribution in [2.24, 2.45) is 11.8 Å². The van der Waals surface area contributed by atoms with Gasteiger partial charge in [-0.2, -0.15) is 0 Å². The summed E-state index contributed by atoms with van der Waals surface area (Å²) in [4.78, 5) is 12.5. The number of rotatable bonds is 6. The van der Waals surface area contributed by atoms with Crippen LogP contribution in [0.2, 0.25) is 0 Å². The Balaban J connectivity index is 1.71. The predicted molar refractivity (Wildman–Crippen MR) is 84.0 cm³/mol. The van der Waals surface area contributed by atoms with Crippen LogP contribution in [0, 0.1) is 11.8 Å². The largest absolute Gasteiger partial charge is 0.349 e. The van der Waals surface area contributed by atoms with Crippen LogP contribution in [0.1, 0.15) is 36.0 Å². The lowest BCUT2D eigenvalue weighted by Crippen LogP contribution is -2.38. The molecule has 0 saturated heterocycles. The zero-order valence-electron chi connectivity index (χ0n) is 13.0. The van der Waals surface area contributed by atoms with E-state index in [1.807, 2.05) is 0 Å². The molecule has 0 radical (unpaired) electrons. The average Bonchev–Trinajstić information content (AvgIpc) is 3.38. The van der Waals surface area contributed by atoms with E-state index in [-0.39, 0.29) is 10.8 Å². The maximum absolute atomic E-state index is 12.3. The molecule has 0 bridgehead atoms. The minimum Gasteiger partial charge on any atom is -0.349 e. The summed E-state index contributed by atoms with van der Waals surface area (Å²) >= 11 is 0. The van der Waals surface area contributed by atoms with Crippen molar-refractivity contribution in [3.63, 3.8) is 0 Å². The third kappa shape index (κ3) is 3.17. The number of hydrogen-bond donors (Lipinski definition) is 1. The monoisotopic (exact) mass is 322 g/mol. The van der Waals surface area contributed by atoms with Gasteiger partial charge in [-0.1, -0.05) is 0 Å². The highest BCUT2D eigenvalue weighted by Gasteiger charge is 2.42. The van der Waals surface area contributed by atoms with E-state index in [0.717, 1.165) is 4.31 Å². The SMILES string of the molecule is CN(C)S(=O)(=O)c1ccc(C(=O)NC(C2CC2)C2CC2)cc1. The number of sulfonamides is 1. The molecular weight excluding hydrogens is 300 g/mol. The van der Waals surface area contributed by atoms with Crippen LogP contribution >= 0.6 is 0 Å². The molecule has 3 rings (SSSR count). The Morgan fingerprint density at radius 1 is 1.09 bits per heavy atom. The van der Waals surface area contributed by atoms with Gasteiger partial charge in [0.2, 0.25) is 10.0 Å². The van der Waals surface area contributed by atoms with Crippen LogP contribution in [-0.2, 0) is 10.0 Å². The minimum atomic E-state index is -3.45. The zero-order chi connectivity index (χ0) is 15.9. The highest BCUT2D eigenvalue weighted by Crippen LogP contribution is 2.44. The maximum atomic E-state index is 12.3. The maximum Gasteiger partial charge on any atom is 0.251 e. The Hall–Kier alpha value is -1.40. The van der Waals surface area contributed by atoms with Crippen LogP contribution in [0.5, 0.6) is 0 Å². The number of carbonyl (C=O) groups excluding carboxylic acids is 1. The van der Waals surface area contributed by atoms with E-state index in [1.165, 1.54) is 51.9 Å². The molecule has 120 valence electrons. The van der Waals surface area contributed by atoms with Crippen molar-refractivity contribution in [3.05, 3.63) is 29.8 Å². The first kappa shape index (κ1) is 15.5. The Morgan fingerprint density at radius 3 is 2.00 bits per heavy atom. The first-order chi connectivity index (χ1) is 10.4. The zero-order valence-corrected chi connectivity index (χ0v) is 13.8. The van der Waals surface area contributed by atoms with Gasteiger partial charge in [-0.15, -0.1) is 0 Å². The molecule has 0 spiro atoms. The molecule has 22 heavy (non-hydrogen) atoms. The third-order valence-corrected chi connectivity index (χ3v) is 6.28. The summed E-state index contributed by atoms with van der Waals surface area (Å²) in [5, 5.41) is 3.14. The highest BCUT2D eigenvalue weighted by molar-refractivity contribution is 7.89. The summed E-state index contributed by atoms with van der Waals surface area (Å²) in [5.74, 6) is 1.19. The summed E-state index contributed by atoms with van der Waals surface area (Å²) < 4.78 is 25.2. The topological polar surface area (TPSA) is 66.5 Å². The molecule has 1 amide bonds. The molecule has 0 aromatic heterocycles. The lowest BCUT2D eigenvalue weighted by molar-refractivity contribution is 0.0926. The molecule has 0 atom stereocenters. The molecule has 6 heteroatoms. The predicted octanol–water partition coefficient (Wildman–Crippen LogP) is 1.86. The molecule has 1 aromatic rings. The van der Waals surface area contributed by atoms with Gasteiger partial charge in [0.25, 0.3) is 5.91 Å². The Labute approximate surface area is 131 Å². The third-order valence-electron chi connectivity index (χ3n) is 4.45. The van der Waals surface area contributed by atoms with E-state index in [1.54, 1.807) is 12.1 Å². The molecule has 1 aromatic carbocycles. The van der Waals surface area contributed by atoms with Crippen molar-refractivity contribution in [1.29, 1.82) is 0 Å². The van der Waals surface area contributed by atoms with Crippen LogP contribution in [-0.4, -0.2) is 38.8 Å². The van der Waals surface area contributed by atoms with Crippen molar-refractivity contribution >= 4 is 15.9 Å². The molecule has 2 fully saturated rings. The molecule has 2 aliphatic rings. The van der Waals surface area contributed by atoms with Gasteiger partial charge in [0, 0.05) is 25.7 Å². The molecule has 0 unspecified atom stereocenters. The van der Waals surface area contributed by atoms with Crippen molar-refractivity contribution in [1.82, 2.24) is 9.62 Å². The first-order valence-electron chi connectivity index (χ1n) is 7.73. The minimum absolute atomic E-state index is 0.0994. The number of amides is 1. The van der Waals surface area contributed by atoms with Crippen molar-refractivity contribution in [3.8, 4) is 0 Å². The van der Waals surface area contributed by atoms with E-state index in [4.69, 9.17) is 0 Å².